The van der Waals surface area contributed by atoms with Gasteiger partial charge in [0.25, 0.3) is 0 Å². The summed E-state index contributed by atoms with van der Waals surface area (Å²) in [5, 5.41) is 5.31. The summed E-state index contributed by atoms with van der Waals surface area (Å²) in [6.45, 7) is 8.07. The van der Waals surface area contributed by atoms with Crippen LogP contribution >= 0.6 is 0 Å². The van der Waals surface area contributed by atoms with Gasteiger partial charge in [0, 0.05) is 6.20 Å². The Hall–Kier alpha value is -2.56. The van der Waals surface area contributed by atoms with Crippen molar-refractivity contribution in [3.63, 3.8) is 0 Å². The van der Waals surface area contributed by atoms with Crippen molar-refractivity contribution in [2.24, 2.45) is 0 Å². The van der Waals surface area contributed by atoms with Gasteiger partial charge in [0.15, 0.2) is 6.73 Å². The van der Waals surface area contributed by atoms with E-state index in [4.69, 9.17) is 4.74 Å². The summed E-state index contributed by atoms with van der Waals surface area (Å²) in [5.74, 6) is 1.32. The molecule has 0 saturated carbocycles. The number of urea groups is 1. The van der Waals surface area contributed by atoms with E-state index in [0.29, 0.717) is 5.82 Å². The Bertz CT molecular complexity index is 666. The van der Waals surface area contributed by atoms with Gasteiger partial charge in [-0.25, -0.2) is 9.78 Å². The van der Waals surface area contributed by atoms with Crippen molar-refractivity contribution in [2.75, 3.05) is 12.0 Å². The zero-order valence-electron chi connectivity index (χ0n) is 13.4. The molecule has 1 heterocycles. The minimum Gasteiger partial charge on any atom is -0.473 e. The molecule has 2 N–H and O–H groups in total. The lowest BCUT2D eigenvalue weighted by Crippen LogP contribution is -2.32. The Morgan fingerprint density at radius 2 is 1.82 bits per heavy atom. The molecule has 5 heteroatoms. The number of carbonyl (C=O) groups is 1. The van der Waals surface area contributed by atoms with E-state index in [1.54, 1.807) is 12.3 Å². The van der Waals surface area contributed by atoms with Crippen molar-refractivity contribution < 1.29 is 9.53 Å². The summed E-state index contributed by atoms with van der Waals surface area (Å²) in [6.07, 6.45) is 1.70. The number of hydrogen-bond donors (Lipinski definition) is 2. The molecule has 116 valence electrons. The third-order valence-electron chi connectivity index (χ3n) is 3.48. The first-order valence-electron chi connectivity index (χ1n) is 7.14. The summed E-state index contributed by atoms with van der Waals surface area (Å²) in [6, 6.07) is 7.36. The van der Waals surface area contributed by atoms with E-state index < -0.39 is 0 Å². The summed E-state index contributed by atoms with van der Waals surface area (Å²) in [5.41, 5.74) is 4.33. The van der Waals surface area contributed by atoms with Crippen LogP contribution in [-0.2, 0) is 0 Å². The van der Waals surface area contributed by atoms with Crippen LogP contribution in [0.15, 0.2) is 30.5 Å². The molecule has 5 nitrogen and oxygen atoms in total. The van der Waals surface area contributed by atoms with Crippen LogP contribution in [0.4, 0.5) is 10.6 Å². The van der Waals surface area contributed by atoms with Gasteiger partial charge in [-0.3, -0.25) is 5.32 Å². The minimum atomic E-state index is -0.348. The highest BCUT2D eigenvalue weighted by atomic mass is 16.5. The average molecular weight is 299 g/mol. The predicted octanol–water partition coefficient (Wildman–Crippen LogP) is 3.47. The molecule has 2 amide bonds. The van der Waals surface area contributed by atoms with Crippen molar-refractivity contribution >= 4 is 11.8 Å². The number of rotatable bonds is 4. The van der Waals surface area contributed by atoms with Crippen LogP contribution in [0.3, 0.4) is 0 Å². The summed E-state index contributed by atoms with van der Waals surface area (Å²) < 4.78 is 5.68. The van der Waals surface area contributed by atoms with Crippen molar-refractivity contribution in [1.82, 2.24) is 10.3 Å². The van der Waals surface area contributed by atoms with Gasteiger partial charge >= 0.3 is 6.03 Å². The number of benzene rings is 1. The zero-order chi connectivity index (χ0) is 16.1. The van der Waals surface area contributed by atoms with E-state index in [1.807, 2.05) is 39.8 Å². The Labute approximate surface area is 130 Å². The SMILES string of the molecule is Cc1ccc(NC(=O)NCOc2c(C)ccc(C)c2C)nc1. The molecule has 0 fully saturated rings. The second-order valence-corrected chi connectivity index (χ2v) is 5.29. The van der Waals surface area contributed by atoms with Crippen molar-refractivity contribution in [2.45, 2.75) is 27.7 Å². The van der Waals surface area contributed by atoms with Crippen LogP contribution in [0.5, 0.6) is 5.75 Å². The second kappa shape index (κ2) is 6.93. The molecule has 1 aromatic carbocycles. The molecule has 0 saturated heterocycles. The lowest BCUT2D eigenvalue weighted by molar-refractivity contribution is 0.234. The van der Waals surface area contributed by atoms with E-state index in [2.05, 4.69) is 21.7 Å². The second-order valence-electron chi connectivity index (χ2n) is 5.29. The van der Waals surface area contributed by atoms with Gasteiger partial charge in [-0.2, -0.15) is 0 Å². The van der Waals surface area contributed by atoms with Gasteiger partial charge in [-0.05, 0) is 56.0 Å². The van der Waals surface area contributed by atoms with Crippen LogP contribution in [0.2, 0.25) is 0 Å². The summed E-state index contributed by atoms with van der Waals surface area (Å²) in [7, 11) is 0. The zero-order valence-corrected chi connectivity index (χ0v) is 13.4. The summed E-state index contributed by atoms with van der Waals surface area (Å²) >= 11 is 0. The van der Waals surface area contributed by atoms with E-state index in [-0.39, 0.29) is 12.8 Å². The molecule has 0 aliphatic rings. The molecule has 0 spiro atoms. The maximum atomic E-state index is 11.8. The molecule has 0 unspecified atom stereocenters. The number of ether oxygens (including phenoxy) is 1. The van der Waals surface area contributed by atoms with E-state index in [9.17, 15) is 4.79 Å². The lowest BCUT2D eigenvalue weighted by Gasteiger charge is -2.14. The van der Waals surface area contributed by atoms with Crippen LogP contribution in [0.25, 0.3) is 0 Å². The lowest BCUT2D eigenvalue weighted by atomic mass is 10.1. The normalized spacial score (nSPS) is 10.2. The number of hydrogen-bond acceptors (Lipinski definition) is 3. The van der Waals surface area contributed by atoms with E-state index in [1.165, 1.54) is 0 Å². The highest BCUT2D eigenvalue weighted by Crippen LogP contribution is 2.25. The summed E-state index contributed by atoms with van der Waals surface area (Å²) in [4.78, 5) is 15.9. The van der Waals surface area contributed by atoms with Gasteiger partial charge in [0.1, 0.15) is 11.6 Å². The number of aryl methyl sites for hydroxylation is 3. The Kier molecular flexibility index (Phi) is 4.99. The molecule has 22 heavy (non-hydrogen) atoms. The number of pyridine rings is 1. The molecule has 0 bridgehead atoms. The van der Waals surface area contributed by atoms with Crippen LogP contribution in [-0.4, -0.2) is 17.7 Å². The molecular weight excluding hydrogens is 278 g/mol. The first-order valence-corrected chi connectivity index (χ1v) is 7.14. The molecule has 1 aromatic heterocycles. The fourth-order valence-electron chi connectivity index (χ4n) is 2.02. The van der Waals surface area contributed by atoms with Crippen LogP contribution < -0.4 is 15.4 Å². The largest absolute Gasteiger partial charge is 0.473 e. The smallest absolute Gasteiger partial charge is 0.323 e. The highest BCUT2D eigenvalue weighted by Gasteiger charge is 2.07. The molecular formula is C17H21N3O2. The van der Waals surface area contributed by atoms with Crippen molar-refractivity contribution in [3.05, 3.63) is 52.7 Å². The van der Waals surface area contributed by atoms with E-state index >= 15 is 0 Å². The van der Waals surface area contributed by atoms with Gasteiger partial charge in [0.2, 0.25) is 0 Å². The molecule has 2 aromatic rings. The Balaban J connectivity index is 1.87. The standard InChI is InChI=1S/C17H21N3O2/c1-11-5-8-15(18-9-11)20-17(21)19-10-22-16-13(3)7-6-12(2)14(16)4/h5-9H,10H2,1-4H3,(H2,18,19,20,21). The Morgan fingerprint density at radius 3 is 2.50 bits per heavy atom. The number of nitrogens with one attached hydrogen (secondary N) is 2. The van der Waals surface area contributed by atoms with Gasteiger partial charge in [0.05, 0.1) is 0 Å². The minimum absolute atomic E-state index is 0.100. The van der Waals surface area contributed by atoms with Crippen LogP contribution in [0.1, 0.15) is 22.3 Å². The maximum absolute atomic E-state index is 11.8. The number of carbonyl (C=O) groups excluding carboxylic acids is 1. The topological polar surface area (TPSA) is 63.2 Å². The third kappa shape index (κ3) is 3.97. The molecule has 0 aliphatic heterocycles. The highest BCUT2D eigenvalue weighted by molar-refractivity contribution is 5.88. The van der Waals surface area contributed by atoms with Crippen molar-refractivity contribution in [3.8, 4) is 5.75 Å². The molecule has 0 atom stereocenters. The first kappa shape index (κ1) is 15.8. The van der Waals surface area contributed by atoms with Gasteiger partial charge in [-0.1, -0.05) is 18.2 Å². The number of amides is 2. The number of nitrogens with zero attached hydrogens (tertiary/aromatic N) is 1. The van der Waals surface area contributed by atoms with Gasteiger partial charge in [-0.15, -0.1) is 0 Å². The van der Waals surface area contributed by atoms with E-state index in [0.717, 1.165) is 28.0 Å². The fraction of sp³-hybridized carbons (Fsp3) is 0.294. The van der Waals surface area contributed by atoms with Crippen molar-refractivity contribution in [1.29, 1.82) is 0 Å². The quantitative estimate of drug-likeness (QED) is 0.850. The number of aromatic nitrogens is 1. The first-order chi connectivity index (χ1) is 10.5. The molecule has 2 rings (SSSR count). The predicted molar refractivity (Wildman–Crippen MR) is 87.3 cm³/mol. The third-order valence-corrected chi connectivity index (χ3v) is 3.48. The monoisotopic (exact) mass is 299 g/mol. The maximum Gasteiger partial charge on any atom is 0.323 e. The number of anilines is 1. The fourth-order valence-corrected chi connectivity index (χ4v) is 2.02. The van der Waals surface area contributed by atoms with Crippen LogP contribution in [0, 0.1) is 27.7 Å². The molecule has 0 aliphatic carbocycles. The Morgan fingerprint density at radius 1 is 1.09 bits per heavy atom. The molecule has 0 radical (unpaired) electrons. The average Bonchev–Trinajstić information content (AvgIpc) is 2.49. The van der Waals surface area contributed by atoms with Gasteiger partial charge < -0.3 is 10.1 Å².